The van der Waals surface area contributed by atoms with Crippen LogP contribution in [0.1, 0.15) is 32.3 Å². The van der Waals surface area contributed by atoms with Crippen LogP contribution in [0.2, 0.25) is 0 Å². The number of para-hydroxylation sites is 1. The normalized spacial score (nSPS) is 16.8. The Morgan fingerprint density at radius 3 is 2.42 bits per heavy atom. The SMILES string of the molecule is CCCNN1CCN(c2ccccc2CCC)CC1. The Kier molecular flexibility index (Phi) is 5.67. The average Bonchev–Trinajstić information content (AvgIpc) is 2.47. The van der Waals surface area contributed by atoms with Gasteiger partial charge in [0.25, 0.3) is 0 Å². The number of piperazine rings is 1. The van der Waals surface area contributed by atoms with Crippen LogP contribution in [0.5, 0.6) is 0 Å². The monoisotopic (exact) mass is 261 g/mol. The molecule has 1 N–H and O–H groups in total. The van der Waals surface area contributed by atoms with Crippen LogP contribution < -0.4 is 10.3 Å². The van der Waals surface area contributed by atoms with Crippen molar-refractivity contribution >= 4 is 5.69 Å². The summed E-state index contributed by atoms with van der Waals surface area (Å²) < 4.78 is 0. The molecule has 19 heavy (non-hydrogen) atoms. The topological polar surface area (TPSA) is 18.5 Å². The molecule has 0 bridgehead atoms. The van der Waals surface area contributed by atoms with E-state index in [2.05, 4.69) is 53.4 Å². The van der Waals surface area contributed by atoms with Crippen molar-refractivity contribution in [2.75, 3.05) is 37.6 Å². The molecule has 0 radical (unpaired) electrons. The number of hydrogen-bond donors (Lipinski definition) is 1. The van der Waals surface area contributed by atoms with Crippen molar-refractivity contribution in [1.29, 1.82) is 0 Å². The molecule has 1 fully saturated rings. The minimum absolute atomic E-state index is 1.09. The van der Waals surface area contributed by atoms with E-state index in [1.54, 1.807) is 0 Å². The summed E-state index contributed by atoms with van der Waals surface area (Å²) in [5.41, 5.74) is 6.43. The highest BCUT2D eigenvalue weighted by molar-refractivity contribution is 5.54. The Morgan fingerprint density at radius 1 is 1.00 bits per heavy atom. The Hall–Kier alpha value is -1.06. The first-order valence-corrected chi connectivity index (χ1v) is 7.66. The highest BCUT2D eigenvalue weighted by Gasteiger charge is 2.18. The van der Waals surface area contributed by atoms with Gasteiger partial charge in [-0.1, -0.05) is 38.5 Å². The molecule has 1 aliphatic rings. The first kappa shape index (κ1) is 14.4. The lowest BCUT2D eigenvalue weighted by molar-refractivity contribution is 0.177. The number of benzene rings is 1. The molecule has 0 saturated carbocycles. The van der Waals surface area contributed by atoms with Crippen LogP contribution in [-0.2, 0) is 6.42 Å². The van der Waals surface area contributed by atoms with Gasteiger partial charge < -0.3 is 4.90 Å². The number of hydrogen-bond acceptors (Lipinski definition) is 3. The number of aryl methyl sites for hydroxylation is 1. The molecule has 0 unspecified atom stereocenters. The molecule has 0 spiro atoms. The van der Waals surface area contributed by atoms with Gasteiger partial charge in [0, 0.05) is 38.4 Å². The van der Waals surface area contributed by atoms with Crippen molar-refractivity contribution in [2.24, 2.45) is 0 Å². The van der Waals surface area contributed by atoms with Crippen LogP contribution in [0.4, 0.5) is 5.69 Å². The van der Waals surface area contributed by atoms with Gasteiger partial charge in [0.15, 0.2) is 0 Å². The van der Waals surface area contributed by atoms with E-state index in [1.165, 1.54) is 30.5 Å². The third-order valence-corrected chi connectivity index (χ3v) is 3.72. The Morgan fingerprint density at radius 2 is 1.74 bits per heavy atom. The van der Waals surface area contributed by atoms with Crippen molar-refractivity contribution in [3.05, 3.63) is 29.8 Å². The number of hydrazine groups is 1. The molecule has 1 heterocycles. The summed E-state index contributed by atoms with van der Waals surface area (Å²) in [6, 6.07) is 8.88. The van der Waals surface area contributed by atoms with E-state index in [1.807, 2.05) is 0 Å². The lowest BCUT2D eigenvalue weighted by Gasteiger charge is -2.37. The highest BCUT2D eigenvalue weighted by atomic mass is 15.5. The molecule has 3 nitrogen and oxygen atoms in total. The molecule has 1 aromatic rings. The maximum absolute atomic E-state index is 3.49. The zero-order valence-electron chi connectivity index (χ0n) is 12.4. The summed E-state index contributed by atoms with van der Waals surface area (Å²) in [5, 5.41) is 2.36. The fourth-order valence-electron chi connectivity index (χ4n) is 2.68. The average molecular weight is 261 g/mol. The molecule has 0 atom stereocenters. The zero-order chi connectivity index (χ0) is 13.5. The van der Waals surface area contributed by atoms with Crippen molar-refractivity contribution in [1.82, 2.24) is 10.4 Å². The van der Waals surface area contributed by atoms with Gasteiger partial charge in [0.2, 0.25) is 0 Å². The third kappa shape index (κ3) is 3.95. The van der Waals surface area contributed by atoms with Gasteiger partial charge in [-0.05, 0) is 24.5 Å². The van der Waals surface area contributed by atoms with Gasteiger partial charge in [-0.15, -0.1) is 0 Å². The molecule has 1 saturated heterocycles. The van der Waals surface area contributed by atoms with Crippen molar-refractivity contribution in [3.8, 4) is 0 Å². The smallest absolute Gasteiger partial charge is 0.0399 e. The Labute approximate surface area is 117 Å². The fraction of sp³-hybridized carbons (Fsp3) is 0.625. The Bertz CT molecular complexity index is 370. The second kappa shape index (κ2) is 7.51. The number of nitrogens with one attached hydrogen (secondary N) is 1. The molecule has 3 heteroatoms. The fourth-order valence-corrected chi connectivity index (χ4v) is 2.68. The first-order valence-electron chi connectivity index (χ1n) is 7.66. The molecular weight excluding hydrogens is 234 g/mol. The lowest BCUT2D eigenvalue weighted by Crippen LogP contribution is -2.52. The summed E-state index contributed by atoms with van der Waals surface area (Å²) in [6.07, 6.45) is 3.60. The summed E-state index contributed by atoms with van der Waals surface area (Å²) in [6.45, 7) is 10.0. The molecule has 0 amide bonds. The molecule has 0 aromatic heterocycles. The zero-order valence-corrected chi connectivity index (χ0v) is 12.4. The Balaban J connectivity index is 1.93. The van der Waals surface area contributed by atoms with Crippen LogP contribution in [-0.4, -0.2) is 37.7 Å². The number of rotatable bonds is 6. The standard InChI is InChI=1S/C16H27N3/c1-3-7-15-8-5-6-9-16(15)18-11-13-19(14-12-18)17-10-4-2/h5-6,8-9,17H,3-4,7,10-14H2,1-2H3. The summed E-state index contributed by atoms with van der Waals surface area (Å²) >= 11 is 0. The molecule has 1 aromatic carbocycles. The van der Waals surface area contributed by atoms with Crippen molar-refractivity contribution in [2.45, 2.75) is 33.1 Å². The first-order chi connectivity index (χ1) is 9.35. The summed E-state index contributed by atoms with van der Waals surface area (Å²) in [5.74, 6) is 0. The second-order valence-corrected chi connectivity index (χ2v) is 5.26. The summed E-state index contributed by atoms with van der Waals surface area (Å²) in [7, 11) is 0. The van der Waals surface area contributed by atoms with Gasteiger partial charge >= 0.3 is 0 Å². The molecule has 2 rings (SSSR count). The van der Waals surface area contributed by atoms with Crippen molar-refractivity contribution < 1.29 is 0 Å². The minimum Gasteiger partial charge on any atom is -0.369 e. The van der Waals surface area contributed by atoms with E-state index in [4.69, 9.17) is 0 Å². The van der Waals surface area contributed by atoms with Gasteiger partial charge in [-0.25, -0.2) is 5.01 Å². The molecule has 106 valence electrons. The number of nitrogens with zero attached hydrogens (tertiary/aromatic N) is 2. The third-order valence-electron chi connectivity index (χ3n) is 3.72. The predicted molar refractivity (Wildman–Crippen MR) is 82.5 cm³/mol. The van der Waals surface area contributed by atoms with Crippen LogP contribution in [0, 0.1) is 0 Å². The largest absolute Gasteiger partial charge is 0.369 e. The van der Waals surface area contributed by atoms with Crippen LogP contribution in [0.15, 0.2) is 24.3 Å². The van der Waals surface area contributed by atoms with Crippen LogP contribution >= 0.6 is 0 Å². The quantitative estimate of drug-likeness (QED) is 0.849. The van der Waals surface area contributed by atoms with Crippen LogP contribution in [0.3, 0.4) is 0 Å². The van der Waals surface area contributed by atoms with E-state index in [9.17, 15) is 0 Å². The maximum Gasteiger partial charge on any atom is 0.0399 e. The van der Waals surface area contributed by atoms with Gasteiger partial charge in [0.05, 0.1) is 0 Å². The summed E-state index contributed by atoms with van der Waals surface area (Å²) in [4.78, 5) is 2.54. The lowest BCUT2D eigenvalue weighted by atomic mass is 10.1. The molecule has 1 aliphatic heterocycles. The van der Waals surface area contributed by atoms with Gasteiger partial charge in [-0.2, -0.15) is 0 Å². The van der Waals surface area contributed by atoms with E-state index in [0.29, 0.717) is 0 Å². The van der Waals surface area contributed by atoms with Gasteiger partial charge in [-0.3, -0.25) is 5.43 Å². The van der Waals surface area contributed by atoms with Gasteiger partial charge in [0.1, 0.15) is 0 Å². The molecule has 0 aliphatic carbocycles. The van der Waals surface area contributed by atoms with E-state index in [-0.39, 0.29) is 0 Å². The minimum atomic E-state index is 1.09. The van der Waals surface area contributed by atoms with E-state index < -0.39 is 0 Å². The van der Waals surface area contributed by atoms with E-state index in [0.717, 1.165) is 32.7 Å². The van der Waals surface area contributed by atoms with Crippen molar-refractivity contribution in [3.63, 3.8) is 0 Å². The van der Waals surface area contributed by atoms with E-state index >= 15 is 0 Å². The second-order valence-electron chi connectivity index (χ2n) is 5.26. The maximum atomic E-state index is 3.49. The molecular formula is C16H27N3. The predicted octanol–water partition coefficient (Wildman–Crippen LogP) is 2.68. The highest BCUT2D eigenvalue weighted by Crippen LogP contribution is 2.22. The van der Waals surface area contributed by atoms with Crippen LogP contribution in [0.25, 0.3) is 0 Å². The number of anilines is 1.